The molecular weight excluding hydrogens is 497 g/mol. The molecule has 0 bridgehead atoms. The Labute approximate surface area is 198 Å². The number of anilines is 2. The Morgan fingerprint density at radius 2 is 1.84 bits per heavy atom. The van der Waals surface area contributed by atoms with Gasteiger partial charge < -0.3 is 15.2 Å². The Kier molecular flexibility index (Phi) is 8.03. The molecule has 7 nitrogen and oxygen atoms in total. The summed E-state index contributed by atoms with van der Waals surface area (Å²) in [7, 11) is 0. The molecule has 0 atom stereocenters. The van der Waals surface area contributed by atoms with Gasteiger partial charge in [0, 0.05) is 16.7 Å². The van der Waals surface area contributed by atoms with E-state index in [1.165, 1.54) is 23.9 Å². The first-order chi connectivity index (χ1) is 15.3. The highest BCUT2D eigenvalue weighted by Gasteiger charge is 2.17. The van der Waals surface area contributed by atoms with E-state index in [4.69, 9.17) is 0 Å². The SMILES string of the molecule is CCn1c(CC(=O)Nc2ccc(C)c(C)c2)nnc1SCC(=O)Nc1ccc(Br)cc1F. The fourth-order valence-electron chi connectivity index (χ4n) is 2.95. The molecular formula is C22H23BrFN5O2S. The van der Waals surface area contributed by atoms with Crippen molar-refractivity contribution in [2.45, 2.75) is 38.9 Å². The lowest BCUT2D eigenvalue weighted by Crippen LogP contribution is -2.18. The molecule has 2 N–H and O–H groups in total. The fraction of sp³-hybridized carbons (Fsp3) is 0.273. The van der Waals surface area contributed by atoms with E-state index in [1.54, 1.807) is 10.6 Å². The fourth-order valence-corrected chi connectivity index (χ4v) is 4.10. The molecule has 3 aromatic rings. The minimum Gasteiger partial charge on any atom is -0.326 e. The van der Waals surface area contributed by atoms with Crippen molar-refractivity contribution in [2.75, 3.05) is 16.4 Å². The second-order valence-electron chi connectivity index (χ2n) is 7.13. The van der Waals surface area contributed by atoms with Crippen molar-refractivity contribution in [1.29, 1.82) is 0 Å². The van der Waals surface area contributed by atoms with E-state index in [9.17, 15) is 14.0 Å². The minimum atomic E-state index is -0.522. The van der Waals surface area contributed by atoms with E-state index in [0.29, 0.717) is 22.0 Å². The predicted octanol–water partition coefficient (Wildman–Crippen LogP) is 4.73. The quantitative estimate of drug-likeness (QED) is 0.420. The van der Waals surface area contributed by atoms with Gasteiger partial charge in [0.15, 0.2) is 5.16 Å². The third-order valence-electron chi connectivity index (χ3n) is 4.76. The minimum absolute atomic E-state index is 0.0302. The summed E-state index contributed by atoms with van der Waals surface area (Å²) in [5, 5.41) is 14.2. The lowest BCUT2D eigenvalue weighted by atomic mass is 10.1. The summed E-state index contributed by atoms with van der Waals surface area (Å²) < 4.78 is 16.3. The summed E-state index contributed by atoms with van der Waals surface area (Å²) in [5.41, 5.74) is 3.09. The maximum atomic E-state index is 13.9. The Bertz CT molecular complexity index is 1150. The maximum absolute atomic E-state index is 13.9. The molecule has 0 unspecified atom stereocenters. The molecule has 0 aliphatic rings. The predicted molar refractivity (Wildman–Crippen MR) is 127 cm³/mol. The second-order valence-corrected chi connectivity index (χ2v) is 8.99. The number of nitrogens with zero attached hydrogens (tertiary/aromatic N) is 3. The second kappa shape index (κ2) is 10.7. The number of amides is 2. The third kappa shape index (κ3) is 6.17. The molecule has 10 heteroatoms. The molecule has 0 saturated carbocycles. The maximum Gasteiger partial charge on any atom is 0.234 e. The molecule has 2 amide bonds. The van der Waals surface area contributed by atoms with Crippen LogP contribution in [0.1, 0.15) is 23.9 Å². The van der Waals surface area contributed by atoms with Crippen LogP contribution in [0.3, 0.4) is 0 Å². The topological polar surface area (TPSA) is 88.9 Å². The van der Waals surface area contributed by atoms with Gasteiger partial charge in [-0.25, -0.2) is 4.39 Å². The molecule has 168 valence electrons. The van der Waals surface area contributed by atoms with Crippen molar-refractivity contribution < 1.29 is 14.0 Å². The van der Waals surface area contributed by atoms with Gasteiger partial charge >= 0.3 is 0 Å². The largest absolute Gasteiger partial charge is 0.326 e. The van der Waals surface area contributed by atoms with Crippen molar-refractivity contribution in [2.24, 2.45) is 0 Å². The molecule has 1 heterocycles. The first-order valence-corrected chi connectivity index (χ1v) is 11.7. The van der Waals surface area contributed by atoms with E-state index >= 15 is 0 Å². The van der Waals surface area contributed by atoms with Crippen LogP contribution in [0.15, 0.2) is 46.0 Å². The number of carbonyl (C=O) groups is 2. The first kappa shape index (κ1) is 23.9. The van der Waals surface area contributed by atoms with Crippen LogP contribution in [0.4, 0.5) is 15.8 Å². The normalized spacial score (nSPS) is 10.8. The van der Waals surface area contributed by atoms with Gasteiger partial charge in [0.2, 0.25) is 11.8 Å². The van der Waals surface area contributed by atoms with Gasteiger partial charge in [0.25, 0.3) is 0 Å². The van der Waals surface area contributed by atoms with Gasteiger partial charge in [0.05, 0.1) is 17.9 Å². The van der Waals surface area contributed by atoms with Crippen LogP contribution in [-0.2, 0) is 22.6 Å². The van der Waals surface area contributed by atoms with Crippen LogP contribution < -0.4 is 10.6 Å². The van der Waals surface area contributed by atoms with Crippen molar-refractivity contribution in [1.82, 2.24) is 14.8 Å². The third-order valence-corrected chi connectivity index (χ3v) is 6.22. The zero-order valence-corrected chi connectivity index (χ0v) is 20.3. The number of benzene rings is 2. The number of nitrogens with one attached hydrogen (secondary N) is 2. The lowest BCUT2D eigenvalue weighted by Gasteiger charge is -2.09. The average molecular weight is 520 g/mol. The number of aromatic nitrogens is 3. The molecule has 0 spiro atoms. The van der Waals surface area contributed by atoms with Crippen molar-refractivity contribution in [3.8, 4) is 0 Å². The van der Waals surface area contributed by atoms with Crippen LogP contribution in [0.2, 0.25) is 0 Å². The summed E-state index contributed by atoms with van der Waals surface area (Å²) in [4.78, 5) is 24.7. The highest BCUT2D eigenvalue weighted by Crippen LogP contribution is 2.21. The number of halogens is 2. The van der Waals surface area contributed by atoms with Crippen molar-refractivity contribution >= 4 is 50.9 Å². The van der Waals surface area contributed by atoms with Crippen LogP contribution in [0.25, 0.3) is 0 Å². The molecule has 32 heavy (non-hydrogen) atoms. The Morgan fingerprint density at radius 1 is 1.06 bits per heavy atom. The number of aryl methyl sites for hydroxylation is 2. The van der Waals surface area contributed by atoms with Gasteiger partial charge in [-0.05, 0) is 62.2 Å². The Morgan fingerprint density at radius 3 is 2.53 bits per heavy atom. The lowest BCUT2D eigenvalue weighted by molar-refractivity contribution is -0.116. The van der Waals surface area contributed by atoms with Crippen molar-refractivity contribution in [3.05, 3.63) is 63.6 Å². The van der Waals surface area contributed by atoms with Gasteiger partial charge in [0.1, 0.15) is 11.6 Å². The van der Waals surface area contributed by atoms with Gasteiger partial charge in [-0.1, -0.05) is 33.8 Å². The zero-order valence-electron chi connectivity index (χ0n) is 17.9. The van der Waals surface area contributed by atoms with E-state index < -0.39 is 5.82 Å². The smallest absolute Gasteiger partial charge is 0.234 e. The van der Waals surface area contributed by atoms with Gasteiger partial charge in [-0.15, -0.1) is 10.2 Å². The van der Waals surface area contributed by atoms with Crippen LogP contribution in [-0.4, -0.2) is 32.3 Å². The standard InChI is InChI=1S/C22H23BrFN5O2S/c1-4-29-19(11-20(30)25-16-7-5-13(2)14(3)9-16)27-28-22(29)32-12-21(31)26-18-8-6-15(23)10-17(18)24/h5-10H,4,11-12H2,1-3H3,(H,25,30)(H,26,31). The zero-order chi connectivity index (χ0) is 23.3. The molecule has 0 aliphatic heterocycles. The highest BCUT2D eigenvalue weighted by molar-refractivity contribution is 9.10. The molecule has 1 aromatic heterocycles. The van der Waals surface area contributed by atoms with Gasteiger partial charge in [-0.2, -0.15) is 0 Å². The van der Waals surface area contributed by atoms with E-state index in [2.05, 4.69) is 36.8 Å². The van der Waals surface area contributed by atoms with E-state index in [0.717, 1.165) is 16.8 Å². The Balaban J connectivity index is 1.59. The average Bonchev–Trinajstić information content (AvgIpc) is 3.12. The van der Waals surface area contributed by atoms with Crippen LogP contribution in [0, 0.1) is 19.7 Å². The molecule has 3 rings (SSSR count). The number of hydrogen-bond acceptors (Lipinski definition) is 5. The molecule has 0 radical (unpaired) electrons. The highest BCUT2D eigenvalue weighted by atomic mass is 79.9. The number of carbonyl (C=O) groups excluding carboxylic acids is 2. The first-order valence-electron chi connectivity index (χ1n) is 9.93. The van der Waals surface area contributed by atoms with Crippen LogP contribution in [0.5, 0.6) is 0 Å². The summed E-state index contributed by atoms with van der Waals surface area (Å²) in [5.74, 6) is -0.545. The Hall–Kier alpha value is -2.72. The number of hydrogen-bond donors (Lipinski definition) is 2. The summed E-state index contributed by atoms with van der Waals surface area (Å²) in [6, 6.07) is 10.2. The summed E-state index contributed by atoms with van der Waals surface area (Å²) in [6.45, 7) is 6.46. The van der Waals surface area contributed by atoms with Gasteiger partial charge in [-0.3, -0.25) is 9.59 Å². The molecule has 0 fully saturated rings. The monoisotopic (exact) mass is 519 g/mol. The molecule has 2 aromatic carbocycles. The number of thioether (sulfide) groups is 1. The summed E-state index contributed by atoms with van der Waals surface area (Å²) in [6.07, 6.45) is 0.0601. The van der Waals surface area contributed by atoms with Crippen molar-refractivity contribution in [3.63, 3.8) is 0 Å². The van der Waals surface area contributed by atoms with E-state index in [-0.39, 0.29) is 29.7 Å². The van der Waals surface area contributed by atoms with E-state index in [1.807, 2.05) is 39.0 Å². The van der Waals surface area contributed by atoms with Crippen LogP contribution >= 0.6 is 27.7 Å². The number of rotatable bonds is 8. The molecule has 0 saturated heterocycles. The molecule has 0 aliphatic carbocycles. The summed E-state index contributed by atoms with van der Waals surface area (Å²) >= 11 is 4.36.